The number of allylic oxidation sites excluding steroid dienone is 2. The van der Waals surface area contributed by atoms with Gasteiger partial charge in [-0.1, -0.05) is 58.4 Å². The van der Waals surface area contributed by atoms with Gasteiger partial charge >= 0.3 is 0 Å². The third-order valence-electron chi connectivity index (χ3n) is 12.5. The largest absolute Gasteiger partial charge is 0.392 e. The van der Waals surface area contributed by atoms with E-state index in [1.807, 2.05) is 13.2 Å². The second kappa shape index (κ2) is 8.16. The molecule has 2 bridgehead atoms. The number of ether oxygens (including phenoxy) is 2. The van der Waals surface area contributed by atoms with Crippen molar-refractivity contribution < 1.29 is 19.7 Å². The van der Waals surface area contributed by atoms with Crippen LogP contribution in [0.3, 0.4) is 0 Å². The van der Waals surface area contributed by atoms with Gasteiger partial charge in [0.15, 0.2) is 6.29 Å². The number of hydrogen-bond acceptors (Lipinski definition) is 4. The predicted molar refractivity (Wildman–Crippen MR) is 140 cm³/mol. The number of aliphatic hydroxyl groups is 2. The molecule has 0 amide bonds. The lowest BCUT2D eigenvalue weighted by Gasteiger charge is -2.65. The van der Waals surface area contributed by atoms with Gasteiger partial charge in [0.05, 0.1) is 12.2 Å². The Morgan fingerprint density at radius 2 is 1.80 bits per heavy atom. The van der Waals surface area contributed by atoms with Gasteiger partial charge in [-0.3, -0.25) is 0 Å². The SMILES string of the molecule is CO[C@@H]1O[C@]23C=C[C@@H]4[C@@]1(CC[C@]1(C)[C@@H]([C@H](C)C[C@@H](O)C=C(C)C)CC[C@@]41C)[C@@H]2CC[C@H](O)C3(C)C. The lowest BCUT2D eigenvalue weighted by molar-refractivity contribution is -0.225. The van der Waals surface area contributed by atoms with Gasteiger partial charge in [0, 0.05) is 23.9 Å². The third-order valence-corrected chi connectivity index (χ3v) is 12.5. The van der Waals surface area contributed by atoms with E-state index in [2.05, 4.69) is 60.6 Å². The summed E-state index contributed by atoms with van der Waals surface area (Å²) in [5.74, 6) is 1.88. The van der Waals surface area contributed by atoms with Crippen LogP contribution in [0.1, 0.15) is 93.4 Å². The maximum absolute atomic E-state index is 11.0. The summed E-state index contributed by atoms with van der Waals surface area (Å²) in [6.45, 7) is 16.0. The first kappa shape index (κ1) is 25.9. The predicted octanol–water partition coefficient (Wildman–Crippen LogP) is 6.27. The lowest BCUT2D eigenvalue weighted by Crippen LogP contribution is -2.65. The topological polar surface area (TPSA) is 58.9 Å². The van der Waals surface area contributed by atoms with E-state index >= 15 is 0 Å². The molecule has 4 aliphatic carbocycles. The molecule has 198 valence electrons. The molecule has 3 saturated carbocycles. The Morgan fingerprint density at radius 1 is 1.09 bits per heavy atom. The minimum atomic E-state index is -0.453. The Morgan fingerprint density at radius 3 is 2.46 bits per heavy atom. The summed E-state index contributed by atoms with van der Waals surface area (Å²) in [4.78, 5) is 0. The van der Waals surface area contributed by atoms with Crippen LogP contribution >= 0.6 is 0 Å². The Kier molecular flexibility index (Phi) is 6.05. The molecule has 35 heavy (non-hydrogen) atoms. The zero-order valence-electron chi connectivity index (χ0n) is 23.4. The smallest absolute Gasteiger partial charge is 0.164 e. The van der Waals surface area contributed by atoms with Crippen LogP contribution in [0.5, 0.6) is 0 Å². The summed E-state index contributed by atoms with van der Waals surface area (Å²) >= 11 is 0. The molecule has 1 saturated heterocycles. The maximum atomic E-state index is 11.0. The average molecular weight is 487 g/mol. The normalized spacial score (nSPS) is 51.2. The summed E-state index contributed by atoms with van der Waals surface area (Å²) in [6, 6.07) is 0. The Bertz CT molecular complexity index is 904. The molecule has 4 fully saturated rings. The molecular formula is C31H50O4. The van der Waals surface area contributed by atoms with Crippen LogP contribution in [0, 0.1) is 45.3 Å². The second-order valence-corrected chi connectivity index (χ2v) is 14.3. The Hall–Kier alpha value is -0.680. The zero-order valence-corrected chi connectivity index (χ0v) is 23.4. The molecular weight excluding hydrogens is 436 g/mol. The molecule has 2 N–H and O–H groups in total. The average Bonchev–Trinajstić information content (AvgIpc) is 3.14. The van der Waals surface area contributed by atoms with Gasteiger partial charge in [-0.15, -0.1) is 0 Å². The van der Waals surface area contributed by atoms with Gasteiger partial charge in [0.25, 0.3) is 0 Å². The molecule has 1 spiro atoms. The van der Waals surface area contributed by atoms with Gasteiger partial charge in [0.1, 0.15) is 5.60 Å². The van der Waals surface area contributed by atoms with Crippen molar-refractivity contribution in [3.8, 4) is 0 Å². The molecule has 1 heterocycles. The van der Waals surface area contributed by atoms with Gasteiger partial charge in [-0.2, -0.15) is 0 Å². The van der Waals surface area contributed by atoms with Gasteiger partial charge < -0.3 is 19.7 Å². The summed E-state index contributed by atoms with van der Waals surface area (Å²) in [7, 11) is 1.82. The first-order valence-corrected chi connectivity index (χ1v) is 14.2. The molecule has 0 aromatic rings. The third kappa shape index (κ3) is 3.12. The summed E-state index contributed by atoms with van der Waals surface area (Å²) in [5, 5.41) is 21.7. The molecule has 5 aliphatic rings. The van der Waals surface area contributed by atoms with Crippen LogP contribution in [0.2, 0.25) is 0 Å². The van der Waals surface area contributed by atoms with Crippen molar-refractivity contribution >= 4 is 0 Å². The standard InChI is InChI=1S/C31H50O4/c1-19(2)17-21(32)18-20(3)22-11-13-29(7)23-12-14-31-24(9-10-25(33)27(31,4)5)30(23,26(34-8)35-31)16-15-28(22,29)6/h12,14,17,20-26,32-33H,9-11,13,15-16,18H2,1-8H3/t20-,21+,22-,23+,24+,25+,26-,28-,29+,30+,31-/m1/s1. The highest BCUT2D eigenvalue weighted by molar-refractivity contribution is 5.34. The Balaban J connectivity index is 1.53. The van der Waals surface area contributed by atoms with Crippen molar-refractivity contribution in [2.45, 2.75) is 118 Å². The van der Waals surface area contributed by atoms with Crippen molar-refractivity contribution in [3.05, 3.63) is 23.8 Å². The van der Waals surface area contributed by atoms with Crippen LogP contribution in [-0.2, 0) is 9.47 Å². The molecule has 4 nitrogen and oxygen atoms in total. The van der Waals surface area contributed by atoms with Crippen LogP contribution < -0.4 is 0 Å². The summed E-state index contributed by atoms with van der Waals surface area (Å²) in [5.41, 5.74) is 0.754. The molecule has 1 aliphatic heterocycles. The second-order valence-electron chi connectivity index (χ2n) is 14.3. The first-order chi connectivity index (χ1) is 16.3. The lowest BCUT2D eigenvalue weighted by atomic mass is 9.38. The van der Waals surface area contributed by atoms with E-state index in [-0.39, 0.29) is 40.2 Å². The molecule has 0 aromatic heterocycles. The van der Waals surface area contributed by atoms with E-state index in [9.17, 15) is 10.2 Å². The van der Waals surface area contributed by atoms with E-state index < -0.39 is 5.60 Å². The van der Waals surface area contributed by atoms with Crippen LogP contribution in [-0.4, -0.2) is 41.4 Å². The fourth-order valence-corrected chi connectivity index (χ4v) is 10.5. The quantitative estimate of drug-likeness (QED) is 0.450. The fourth-order valence-electron chi connectivity index (χ4n) is 10.5. The fraction of sp³-hybridized carbons (Fsp3) is 0.871. The van der Waals surface area contributed by atoms with Crippen molar-refractivity contribution in [1.82, 2.24) is 0 Å². The summed E-state index contributed by atoms with van der Waals surface area (Å²) < 4.78 is 13.2. The number of hydrogen-bond donors (Lipinski definition) is 2. The highest BCUT2D eigenvalue weighted by Crippen LogP contribution is 2.78. The molecule has 0 aromatic carbocycles. The van der Waals surface area contributed by atoms with Gasteiger partial charge in [0.2, 0.25) is 0 Å². The van der Waals surface area contributed by atoms with E-state index in [0.717, 1.165) is 25.7 Å². The Labute approximate surface area is 213 Å². The van der Waals surface area contributed by atoms with E-state index in [0.29, 0.717) is 23.7 Å². The molecule has 0 unspecified atom stereocenters. The summed E-state index contributed by atoms with van der Waals surface area (Å²) in [6.07, 6.45) is 13.4. The number of aliphatic hydroxyl groups excluding tert-OH is 2. The van der Waals surface area contributed by atoms with Crippen molar-refractivity contribution in [2.75, 3.05) is 7.11 Å². The molecule has 0 radical (unpaired) electrons. The first-order valence-electron chi connectivity index (χ1n) is 14.2. The molecule has 5 rings (SSSR count). The molecule has 11 atom stereocenters. The number of fused-ring (bicyclic) bond motifs is 2. The van der Waals surface area contributed by atoms with Crippen LogP contribution in [0.15, 0.2) is 23.8 Å². The van der Waals surface area contributed by atoms with E-state index in [1.54, 1.807) is 0 Å². The van der Waals surface area contributed by atoms with Crippen molar-refractivity contribution in [1.29, 1.82) is 0 Å². The van der Waals surface area contributed by atoms with Crippen molar-refractivity contribution in [2.24, 2.45) is 45.3 Å². The number of rotatable bonds is 5. The highest BCUT2D eigenvalue weighted by atomic mass is 16.7. The zero-order chi connectivity index (χ0) is 25.6. The maximum Gasteiger partial charge on any atom is 0.164 e. The van der Waals surface area contributed by atoms with E-state index in [4.69, 9.17) is 9.47 Å². The van der Waals surface area contributed by atoms with Gasteiger partial charge in [-0.05, 0) is 87.4 Å². The minimum Gasteiger partial charge on any atom is -0.392 e. The highest BCUT2D eigenvalue weighted by Gasteiger charge is 2.78. The van der Waals surface area contributed by atoms with Crippen molar-refractivity contribution in [3.63, 3.8) is 0 Å². The van der Waals surface area contributed by atoms with Gasteiger partial charge in [-0.25, -0.2) is 0 Å². The molecule has 4 heteroatoms. The van der Waals surface area contributed by atoms with Crippen LogP contribution in [0.4, 0.5) is 0 Å². The number of methoxy groups -OCH3 is 1. The van der Waals surface area contributed by atoms with Crippen LogP contribution in [0.25, 0.3) is 0 Å². The van der Waals surface area contributed by atoms with E-state index in [1.165, 1.54) is 24.8 Å². The monoisotopic (exact) mass is 486 g/mol. The minimum absolute atomic E-state index is 0.0329.